The number of carbonyl (C=O) groups is 1. The van der Waals surface area contributed by atoms with Gasteiger partial charge in [0.15, 0.2) is 0 Å². The molecule has 7 nitrogen and oxygen atoms in total. The number of benzene rings is 3. The fourth-order valence-corrected chi connectivity index (χ4v) is 8.22. The van der Waals surface area contributed by atoms with Gasteiger partial charge in [0.1, 0.15) is 6.61 Å². The first kappa shape index (κ1) is 28.5. The van der Waals surface area contributed by atoms with Gasteiger partial charge in [0, 0.05) is 19.6 Å². The van der Waals surface area contributed by atoms with E-state index in [-0.39, 0.29) is 25.7 Å². The second kappa shape index (κ2) is 11.4. The van der Waals surface area contributed by atoms with Crippen molar-refractivity contribution in [1.29, 1.82) is 0 Å². The molecule has 1 atom stereocenters. The van der Waals surface area contributed by atoms with Crippen molar-refractivity contribution in [3.05, 3.63) is 100 Å². The van der Waals surface area contributed by atoms with Crippen molar-refractivity contribution in [2.45, 2.75) is 63.1 Å². The van der Waals surface area contributed by atoms with Crippen LogP contribution in [0, 0.1) is 20.8 Å². The first-order chi connectivity index (χ1) is 19.1. The van der Waals surface area contributed by atoms with E-state index in [1.807, 2.05) is 87.5 Å². The molecule has 0 saturated carbocycles. The molecule has 40 heavy (non-hydrogen) atoms. The molecule has 2 heterocycles. The van der Waals surface area contributed by atoms with Crippen LogP contribution in [0.15, 0.2) is 71.6 Å². The van der Waals surface area contributed by atoms with Gasteiger partial charge in [0.25, 0.3) is 0 Å². The van der Waals surface area contributed by atoms with Gasteiger partial charge < -0.3 is 14.7 Å². The van der Waals surface area contributed by atoms with Crippen molar-refractivity contribution in [1.82, 2.24) is 9.21 Å². The maximum atomic E-state index is 14.1. The van der Waals surface area contributed by atoms with Crippen molar-refractivity contribution < 1.29 is 23.1 Å². The molecule has 0 aliphatic carbocycles. The third kappa shape index (κ3) is 5.72. The molecule has 1 unspecified atom stereocenters. The predicted molar refractivity (Wildman–Crippen MR) is 154 cm³/mol. The summed E-state index contributed by atoms with van der Waals surface area (Å²) in [4.78, 5) is 15.1. The molecule has 1 amide bonds. The molecule has 1 N–H and O–H groups in total. The molecule has 0 spiro atoms. The number of rotatable bonds is 7. The third-order valence-corrected chi connectivity index (χ3v) is 10.5. The molecule has 0 radical (unpaired) electrons. The Morgan fingerprint density at radius 1 is 0.950 bits per heavy atom. The van der Waals surface area contributed by atoms with Crippen molar-refractivity contribution >= 4 is 15.9 Å². The van der Waals surface area contributed by atoms with Crippen LogP contribution in [-0.2, 0) is 38.1 Å². The van der Waals surface area contributed by atoms with Crippen LogP contribution in [0.3, 0.4) is 0 Å². The molecule has 212 valence electrons. The number of nitrogens with zero attached hydrogens (tertiary/aromatic N) is 2. The third-order valence-electron chi connectivity index (χ3n) is 8.27. The van der Waals surface area contributed by atoms with Gasteiger partial charge in [-0.15, -0.1) is 0 Å². The van der Waals surface area contributed by atoms with Gasteiger partial charge >= 0.3 is 0 Å². The summed E-state index contributed by atoms with van der Waals surface area (Å²) in [7, 11) is -3.81. The van der Waals surface area contributed by atoms with E-state index in [1.165, 1.54) is 0 Å². The molecule has 8 heteroatoms. The van der Waals surface area contributed by atoms with Crippen LogP contribution in [0.1, 0.15) is 46.2 Å². The van der Waals surface area contributed by atoms with Crippen LogP contribution >= 0.6 is 0 Å². The normalized spacial score (nSPS) is 19.3. The average Bonchev–Trinajstić information content (AvgIpc) is 2.92. The molecule has 3 aromatic carbocycles. The van der Waals surface area contributed by atoms with Gasteiger partial charge in [-0.1, -0.05) is 72.3 Å². The van der Waals surface area contributed by atoms with E-state index >= 15 is 0 Å². The van der Waals surface area contributed by atoms with E-state index in [4.69, 9.17) is 4.74 Å². The van der Waals surface area contributed by atoms with Gasteiger partial charge in [-0.2, -0.15) is 4.31 Å². The summed E-state index contributed by atoms with van der Waals surface area (Å²) in [6, 6.07) is 20.8. The number of aliphatic hydroxyl groups is 1. The number of likely N-dealkylation sites (tertiary alicyclic amines) is 1. The highest BCUT2D eigenvalue weighted by molar-refractivity contribution is 7.89. The minimum absolute atomic E-state index is 0.116. The summed E-state index contributed by atoms with van der Waals surface area (Å²) in [6.07, 6.45) is 1.44. The fraction of sp³-hybridized carbons (Fsp3) is 0.406. The lowest BCUT2D eigenvalue weighted by atomic mass is 9.84. The summed E-state index contributed by atoms with van der Waals surface area (Å²) in [5.74, 6) is -0.147. The lowest BCUT2D eigenvalue weighted by molar-refractivity contribution is -0.141. The van der Waals surface area contributed by atoms with Crippen LogP contribution in [0.4, 0.5) is 0 Å². The zero-order valence-corrected chi connectivity index (χ0v) is 24.3. The maximum absolute atomic E-state index is 14.1. The zero-order valence-electron chi connectivity index (χ0n) is 23.5. The predicted octanol–water partition coefficient (Wildman–Crippen LogP) is 4.25. The Morgan fingerprint density at radius 3 is 2.20 bits per heavy atom. The molecule has 1 fully saturated rings. The number of amides is 1. The van der Waals surface area contributed by atoms with Crippen LogP contribution in [0.25, 0.3) is 0 Å². The number of ether oxygens (including phenoxy) is 1. The molecular weight excluding hydrogens is 524 g/mol. The Kier molecular flexibility index (Phi) is 8.15. The van der Waals surface area contributed by atoms with E-state index in [1.54, 1.807) is 9.21 Å². The number of hydrogen-bond acceptors (Lipinski definition) is 5. The second-order valence-electron chi connectivity index (χ2n) is 11.2. The zero-order chi connectivity index (χ0) is 28.5. The molecule has 5 rings (SSSR count). The van der Waals surface area contributed by atoms with Gasteiger partial charge in [-0.3, -0.25) is 4.79 Å². The smallest absolute Gasteiger partial charge is 0.248 e. The standard InChI is InChI=1S/C32H38N2O5S/c1-23-17-24(2)31(25(3)18-23)40(37,38)34-20-27-10-8-7-9-26(27)19-29(34)21-39-22-30(35)33-15-13-32(36,14-16-33)28-11-5-4-6-12-28/h4-12,17-18,29,36H,13-16,19-22H2,1-3H3. The van der Waals surface area contributed by atoms with E-state index in [0.717, 1.165) is 33.4 Å². The quantitative estimate of drug-likeness (QED) is 0.465. The van der Waals surface area contributed by atoms with Crippen LogP contribution in [0.2, 0.25) is 0 Å². The Labute approximate surface area is 237 Å². The number of carbonyl (C=O) groups excluding carboxylic acids is 1. The molecule has 1 saturated heterocycles. The summed E-state index contributed by atoms with van der Waals surface area (Å²) in [6.45, 7) is 6.78. The van der Waals surface area contributed by atoms with Gasteiger partial charge in [-0.05, 0) is 67.9 Å². The van der Waals surface area contributed by atoms with E-state index in [0.29, 0.717) is 37.2 Å². The Hall–Kier alpha value is -3.04. The molecule has 0 aromatic heterocycles. The first-order valence-corrected chi connectivity index (χ1v) is 15.3. The second-order valence-corrected chi connectivity index (χ2v) is 13.0. The average molecular weight is 563 g/mol. The molecular formula is C32H38N2O5S. The molecule has 2 aliphatic heterocycles. The van der Waals surface area contributed by atoms with Gasteiger partial charge in [-0.25, -0.2) is 8.42 Å². The van der Waals surface area contributed by atoms with Crippen molar-refractivity contribution in [2.75, 3.05) is 26.3 Å². The number of fused-ring (bicyclic) bond motifs is 1. The number of piperidine rings is 1. The summed E-state index contributed by atoms with van der Waals surface area (Å²) < 4.78 is 35.6. The molecule has 3 aromatic rings. The van der Waals surface area contributed by atoms with Crippen molar-refractivity contribution in [3.63, 3.8) is 0 Å². The van der Waals surface area contributed by atoms with Gasteiger partial charge in [0.2, 0.25) is 15.9 Å². The number of sulfonamides is 1. The molecule has 0 bridgehead atoms. The Morgan fingerprint density at radius 2 is 1.55 bits per heavy atom. The summed E-state index contributed by atoms with van der Waals surface area (Å²) in [5.41, 5.74) is 4.50. The van der Waals surface area contributed by atoms with Crippen molar-refractivity contribution in [3.8, 4) is 0 Å². The maximum Gasteiger partial charge on any atom is 0.248 e. The van der Waals surface area contributed by atoms with Crippen LogP contribution in [0.5, 0.6) is 0 Å². The Balaban J connectivity index is 1.27. The van der Waals surface area contributed by atoms with Gasteiger partial charge in [0.05, 0.1) is 23.1 Å². The lowest BCUT2D eigenvalue weighted by Gasteiger charge is -2.39. The molecule has 2 aliphatic rings. The highest BCUT2D eigenvalue weighted by Gasteiger charge is 2.38. The minimum atomic E-state index is -3.81. The highest BCUT2D eigenvalue weighted by atomic mass is 32.2. The minimum Gasteiger partial charge on any atom is -0.385 e. The van der Waals surface area contributed by atoms with E-state index in [9.17, 15) is 18.3 Å². The first-order valence-electron chi connectivity index (χ1n) is 13.9. The van der Waals surface area contributed by atoms with Crippen LogP contribution in [-0.4, -0.2) is 61.0 Å². The largest absolute Gasteiger partial charge is 0.385 e. The monoisotopic (exact) mass is 562 g/mol. The highest BCUT2D eigenvalue weighted by Crippen LogP contribution is 2.34. The SMILES string of the molecule is Cc1cc(C)c(S(=O)(=O)N2Cc3ccccc3CC2COCC(=O)N2CCC(O)(c3ccccc3)CC2)c(C)c1. The fourth-order valence-electron chi connectivity index (χ4n) is 6.21. The Bertz CT molecular complexity index is 1460. The lowest BCUT2D eigenvalue weighted by Crippen LogP contribution is -2.48. The summed E-state index contributed by atoms with van der Waals surface area (Å²) >= 11 is 0. The van der Waals surface area contributed by atoms with E-state index < -0.39 is 21.7 Å². The van der Waals surface area contributed by atoms with Crippen molar-refractivity contribution in [2.24, 2.45) is 0 Å². The van der Waals surface area contributed by atoms with E-state index in [2.05, 4.69) is 0 Å². The summed E-state index contributed by atoms with van der Waals surface area (Å²) in [5, 5.41) is 11.1. The number of hydrogen-bond donors (Lipinski definition) is 1. The topological polar surface area (TPSA) is 87.2 Å². The number of aryl methyl sites for hydroxylation is 3. The van der Waals surface area contributed by atoms with Crippen LogP contribution < -0.4 is 0 Å².